The first-order valence-electron chi connectivity index (χ1n) is 9.20. The Hall–Kier alpha value is -1.97. The summed E-state index contributed by atoms with van der Waals surface area (Å²) in [7, 11) is -4.19. The van der Waals surface area contributed by atoms with Crippen LogP contribution in [0.3, 0.4) is 0 Å². The van der Waals surface area contributed by atoms with Gasteiger partial charge in [-0.25, -0.2) is 0 Å². The number of aliphatic imine (C=N–C) groups is 1. The van der Waals surface area contributed by atoms with E-state index in [1.54, 1.807) is 6.21 Å². The van der Waals surface area contributed by atoms with Crippen molar-refractivity contribution in [2.75, 3.05) is 6.54 Å². The molecule has 0 radical (unpaired) electrons. The third-order valence-corrected chi connectivity index (χ3v) is 11.1. The highest BCUT2D eigenvalue weighted by Gasteiger charge is 2.39. The van der Waals surface area contributed by atoms with Gasteiger partial charge in [-0.3, -0.25) is 4.99 Å². The zero-order valence-electron chi connectivity index (χ0n) is 17.1. The van der Waals surface area contributed by atoms with Gasteiger partial charge in [0.15, 0.2) is 8.32 Å². The lowest BCUT2D eigenvalue weighted by Gasteiger charge is -2.35. The molecule has 2 N–H and O–H groups in total. The van der Waals surface area contributed by atoms with Crippen LogP contribution < -0.4 is 5.84 Å². The molecule has 0 aliphatic carbocycles. The average molecular weight is 404 g/mol. The smallest absolute Gasteiger partial charge is 0.385 e. The third-order valence-electron chi connectivity index (χ3n) is 3.86. The molecule has 1 unspecified atom stereocenters. The van der Waals surface area contributed by atoms with Gasteiger partial charge in [0.05, 0.1) is 5.76 Å². The Labute approximate surface area is 166 Å². The molecule has 0 spiro atoms. The maximum absolute atomic E-state index is 6.52. The van der Waals surface area contributed by atoms with E-state index < -0.39 is 16.9 Å². The molecule has 7 heteroatoms. The summed E-state index contributed by atoms with van der Waals surface area (Å²) in [4.78, 5) is 4.48. The molecule has 27 heavy (non-hydrogen) atoms. The molecule has 148 valence electrons. The van der Waals surface area contributed by atoms with Crippen LogP contribution in [0.25, 0.3) is 0 Å². The van der Waals surface area contributed by atoms with Gasteiger partial charge in [0, 0.05) is 24.4 Å². The first-order valence-corrected chi connectivity index (χ1v) is 14.8. The van der Waals surface area contributed by atoms with E-state index in [1.807, 2.05) is 43.3 Å². The largest absolute Gasteiger partial charge is 0.525 e. The van der Waals surface area contributed by atoms with Gasteiger partial charge < -0.3 is 14.4 Å². The highest BCUT2D eigenvalue weighted by molar-refractivity contribution is 6.83. The number of benzene rings is 1. The van der Waals surface area contributed by atoms with Crippen molar-refractivity contribution in [2.45, 2.75) is 45.1 Å². The normalized spacial score (nSPS) is 14.7. The van der Waals surface area contributed by atoms with Gasteiger partial charge in [0.25, 0.3) is 0 Å². The van der Waals surface area contributed by atoms with E-state index in [2.05, 4.69) is 42.9 Å². The maximum Gasteiger partial charge on any atom is 0.385 e. The molecule has 0 aromatic heterocycles. The molecule has 0 bridgehead atoms. The van der Waals surface area contributed by atoms with E-state index in [0.717, 1.165) is 24.1 Å². The molecule has 1 atom stereocenters. The van der Waals surface area contributed by atoms with Crippen LogP contribution in [0, 0.1) is 0 Å². The van der Waals surface area contributed by atoms with Crippen LogP contribution in [-0.2, 0) is 8.54 Å². The first-order chi connectivity index (χ1) is 12.7. The van der Waals surface area contributed by atoms with Crippen LogP contribution in [0.5, 0.6) is 0 Å². The zero-order chi connectivity index (χ0) is 20.3. The number of hydrogen-bond donors (Lipinski definition) is 1. The zero-order valence-corrected chi connectivity index (χ0v) is 19.1. The molecule has 1 rings (SSSR count). The van der Waals surface area contributed by atoms with Crippen LogP contribution in [0.15, 0.2) is 65.4 Å². The van der Waals surface area contributed by atoms with Gasteiger partial charge in [0.1, 0.15) is 5.71 Å². The number of rotatable bonds is 12. The predicted octanol–water partition coefficient (Wildman–Crippen LogP) is 4.84. The van der Waals surface area contributed by atoms with Crippen molar-refractivity contribution >= 4 is 28.8 Å². The van der Waals surface area contributed by atoms with Gasteiger partial charge in [-0.1, -0.05) is 43.0 Å². The Balaban J connectivity index is 2.65. The van der Waals surface area contributed by atoms with Gasteiger partial charge in [0.2, 0.25) is 0 Å². The summed E-state index contributed by atoms with van der Waals surface area (Å²) in [6.07, 6.45) is 4.53. The highest BCUT2D eigenvalue weighted by atomic mass is 28.4. The van der Waals surface area contributed by atoms with Crippen molar-refractivity contribution in [2.24, 2.45) is 15.9 Å². The van der Waals surface area contributed by atoms with E-state index in [1.165, 1.54) is 0 Å². The van der Waals surface area contributed by atoms with Crippen molar-refractivity contribution in [3.63, 3.8) is 0 Å². The minimum absolute atomic E-state index is 0.667. The Morgan fingerprint density at radius 3 is 2.44 bits per heavy atom. The number of nitrogens with two attached hydrogens (primary N) is 1. The summed E-state index contributed by atoms with van der Waals surface area (Å²) in [6, 6.07) is 11.5. The second kappa shape index (κ2) is 11.0. The standard InChI is InChI=1S/C20H33N3O2Si2/c1-7-15-26(4,5)25-27(6,24-18(2)3)16-11-14-22-17-20(23-21)19-12-9-8-10-13-19/h7-10,12-13,17H,1-2,11,14-16,21H2,3-6H3. The first kappa shape index (κ1) is 23.1. The summed E-state index contributed by atoms with van der Waals surface area (Å²) in [5, 5.41) is 3.82. The SMILES string of the molecule is C=CC[Si](C)(C)O[Si](C)(CCCN=CC(=NN)c1ccccc1)OC(=C)C. The lowest BCUT2D eigenvalue weighted by Crippen LogP contribution is -2.48. The minimum atomic E-state index is -2.35. The van der Waals surface area contributed by atoms with E-state index in [4.69, 9.17) is 14.4 Å². The van der Waals surface area contributed by atoms with E-state index >= 15 is 0 Å². The number of nitrogens with zero attached hydrogens (tertiary/aromatic N) is 2. The lowest BCUT2D eigenvalue weighted by molar-refractivity contribution is 0.313. The van der Waals surface area contributed by atoms with Crippen LogP contribution in [0.4, 0.5) is 0 Å². The number of allylic oxidation sites excluding steroid dienone is 2. The van der Waals surface area contributed by atoms with Crippen molar-refractivity contribution in [1.82, 2.24) is 0 Å². The molecular formula is C20H33N3O2Si2. The van der Waals surface area contributed by atoms with E-state index in [0.29, 0.717) is 18.0 Å². The molecule has 0 aliphatic heterocycles. The fourth-order valence-corrected chi connectivity index (χ4v) is 10.8. The van der Waals surface area contributed by atoms with Gasteiger partial charge in [-0.2, -0.15) is 5.10 Å². The molecular weight excluding hydrogens is 370 g/mol. The summed E-state index contributed by atoms with van der Waals surface area (Å²) in [6.45, 7) is 16.8. The Morgan fingerprint density at radius 1 is 1.22 bits per heavy atom. The molecule has 0 aliphatic rings. The van der Waals surface area contributed by atoms with Crippen LogP contribution in [0.2, 0.25) is 31.7 Å². The molecule has 0 fully saturated rings. The number of hydrogen-bond acceptors (Lipinski definition) is 5. The summed E-state index contributed by atoms with van der Waals surface area (Å²) < 4.78 is 12.6. The van der Waals surface area contributed by atoms with E-state index in [-0.39, 0.29) is 0 Å². The monoisotopic (exact) mass is 403 g/mol. The second-order valence-electron chi connectivity index (χ2n) is 7.31. The predicted molar refractivity (Wildman–Crippen MR) is 121 cm³/mol. The quantitative estimate of drug-likeness (QED) is 0.103. The topological polar surface area (TPSA) is 69.2 Å². The molecule has 0 saturated heterocycles. The Bertz CT molecular complexity index is 675. The molecule has 5 nitrogen and oxygen atoms in total. The molecule has 1 aromatic carbocycles. The fourth-order valence-electron chi connectivity index (χ4n) is 2.90. The fraction of sp³-hybridized carbons (Fsp3) is 0.400. The highest BCUT2D eigenvalue weighted by Crippen LogP contribution is 2.25. The lowest BCUT2D eigenvalue weighted by atomic mass is 10.1. The minimum Gasteiger partial charge on any atom is -0.525 e. The van der Waals surface area contributed by atoms with Gasteiger partial charge >= 0.3 is 8.56 Å². The van der Waals surface area contributed by atoms with Gasteiger partial charge in [-0.05, 0) is 39.0 Å². The molecule has 0 saturated carbocycles. The molecule has 1 aromatic rings. The van der Waals surface area contributed by atoms with Crippen LogP contribution in [-0.4, -0.2) is 35.3 Å². The summed E-state index contributed by atoms with van der Waals surface area (Å²) in [5.41, 5.74) is 1.62. The molecule has 0 heterocycles. The molecule has 0 amide bonds. The van der Waals surface area contributed by atoms with Crippen molar-refractivity contribution in [3.8, 4) is 0 Å². The van der Waals surface area contributed by atoms with Crippen molar-refractivity contribution in [3.05, 3.63) is 60.9 Å². The maximum atomic E-state index is 6.52. The third kappa shape index (κ3) is 8.99. The summed E-state index contributed by atoms with van der Waals surface area (Å²) >= 11 is 0. The Morgan fingerprint density at radius 2 is 1.89 bits per heavy atom. The van der Waals surface area contributed by atoms with Crippen LogP contribution >= 0.6 is 0 Å². The second-order valence-corrected chi connectivity index (χ2v) is 15.0. The Kier molecular flexibility index (Phi) is 9.41. The van der Waals surface area contributed by atoms with Crippen molar-refractivity contribution in [1.29, 1.82) is 0 Å². The van der Waals surface area contributed by atoms with Gasteiger partial charge in [-0.15, -0.1) is 6.58 Å². The van der Waals surface area contributed by atoms with Crippen molar-refractivity contribution < 1.29 is 8.54 Å². The van der Waals surface area contributed by atoms with Crippen LogP contribution in [0.1, 0.15) is 18.9 Å². The van der Waals surface area contributed by atoms with E-state index in [9.17, 15) is 0 Å². The number of hydrazone groups is 1. The average Bonchev–Trinajstić information content (AvgIpc) is 2.57. The summed E-state index contributed by atoms with van der Waals surface area (Å²) in [5.74, 6) is 6.20.